The van der Waals surface area contributed by atoms with Crippen molar-refractivity contribution in [3.05, 3.63) is 35.4 Å². The van der Waals surface area contributed by atoms with E-state index in [0.29, 0.717) is 0 Å². The van der Waals surface area contributed by atoms with Crippen LogP contribution >= 0.6 is 0 Å². The van der Waals surface area contributed by atoms with Crippen molar-refractivity contribution in [2.75, 3.05) is 39.1 Å². The van der Waals surface area contributed by atoms with Gasteiger partial charge in [0.05, 0.1) is 0 Å². The van der Waals surface area contributed by atoms with Crippen LogP contribution in [0, 0.1) is 6.92 Å². The zero-order valence-corrected chi connectivity index (χ0v) is 12.1. The van der Waals surface area contributed by atoms with Crippen LogP contribution in [-0.4, -0.2) is 50.2 Å². The number of benzene rings is 1. The maximum Gasteiger partial charge on any atom is 0.328 e. The molecule has 0 aliphatic rings. The fourth-order valence-electron chi connectivity index (χ4n) is 1.79. The third-order valence-electron chi connectivity index (χ3n) is 2.88. The van der Waals surface area contributed by atoms with E-state index >= 15 is 0 Å². The van der Waals surface area contributed by atoms with Gasteiger partial charge >= 0.3 is 5.97 Å². The van der Waals surface area contributed by atoms with Crippen molar-refractivity contribution < 1.29 is 9.90 Å². The molecule has 0 atom stereocenters. The summed E-state index contributed by atoms with van der Waals surface area (Å²) in [5, 5.41) is 8.74. The summed E-state index contributed by atoms with van der Waals surface area (Å²) in [6.45, 7) is 3.85. The molecule has 0 saturated carbocycles. The number of anilines is 1. The first kappa shape index (κ1) is 15.2. The molecule has 0 saturated heterocycles. The number of carboxylic acid groups (broad SMARTS) is 1. The maximum absolute atomic E-state index is 10.6. The molecule has 0 aliphatic heterocycles. The molecule has 0 radical (unpaired) electrons. The van der Waals surface area contributed by atoms with Gasteiger partial charge in [0.25, 0.3) is 0 Å². The third kappa shape index (κ3) is 5.14. The number of rotatable bonds is 6. The van der Waals surface area contributed by atoms with Gasteiger partial charge in [-0.25, -0.2) is 4.79 Å². The number of carboxylic acids is 1. The fraction of sp³-hybridized carbons (Fsp3) is 0.400. The van der Waals surface area contributed by atoms with E-state index in [0.717, 1.165) is 29.9 Å². The summed E-state index contributed by atoms with van der Waals surface area (Å²) in [6.07, 6.45) is 2.83. The number of aliphatic carboxylic acids is 1. The number of hydrogen-bond acceptors (Lipinski definition) is 3. The van der Waals surface area contributed by atoms with Crippen LogP contribution in [0.15, 0.2) is 24.3 Å². The Morgan fingerprint density at radius 1 is 1.26 bits per heavy atom. The number of carbonyl (C=O) groups is 1. The van der Waals surface area contributed by atoms with Gasteiger partial charge in [0, 0.05) is 31.9 Å². The summed E-state index contributed by atoms with van der Waals surface area (Å²) in [5.41, 5.74) is 3.10. The molecule has 104 valence electrons. The van der Waals surface area contributed by atoms with Gasteiger partial charge < -0.3 is 14.9 Å². The van der Waals surface area contributed by atoms with Crippen LogP contribution in [0.4, 0.5) is 5.69 Å². The molecule has 1 rings (SSSR count). The van der Waals surface area contributed by atoms with Crippen molar-refractivity contribution in [1.29, 1.82) is 0 Å². The highest BCUT2D eigenvalue weighted by Crippen LogP contribution is 2.22. The molecule has 0 unspecified atom stereocenters. The van der Waals surface area contributed by atoms with E-state index < -0.39 is 5.97 Å². The van der Waals surface area contributed by atoms with E-state index in [2.05, 4.69) is 9.80 Å². The molecule has 1 N–H and O–H groups in total. The zero-order valence-electron chi connectivity index (χ0n) is 12.1. The SMILES string of the molecule is Cc1ccc(N(C)CCN(C)C)c(/C=C/C(=O)O)c1. The zero-order chi connectivity index (χ0) is 14.4. The van der Waals surface area contributed by atoms with Gasteiger partial charge in [-0.05, 0) is 44.8 Å². The molecular weight excluding hydrogens is 240 g/mol. The van der Waals surface area contributed by atoms with Crippen LogP contribution < -0.4 is 4.90 Å². The molecule has 0 aliphatic carbocycles. The van der Waals surface area contributed by atoms with Gasteiger partial charge in [-0.1, -0.05) is 11.6 Å². The molecule has 0 amide bonds. The normalized spacial score (nSPS) is 11.2. The fourth-order valence-corrected chi connectivity index (χ4v) is 1.79. The van der Waals surface area contributed by atoms with Gasteiger partial charge in [0.15, 0.2) is 0 Å². The average Bonchev–Trinajstić information content (AvgIpc) is 2.33. The van der Waals surface area contributed by atoms with Crippen LogP contribution in [0.2, 0.25) is 0 Å². The number of likely N-dealkylation sites (N-methyl/N-ethyl adjacent to an activating group) is 2. The van der Waals surface area contributed by atoms with E-state index in [4.69, 9.17) is 5.11 Å². The van der Waals surface area contributed by atoms with Crippen molar-refractivity contribution in [3.63, 3.8) is 0 Å². The highest BCUT2D eigenvalue weighted by atomic mass is 16.4. The Kier molecular flexibility index (Phi) is 5.57. The van der Waals surface area contributed by atoms with Crippen molar-refractivity contribution >= 4 is 17.7 Å². The Labute approximate surface area is 115 Å². The largest absolute Gasteiger partial charge is 0.478 e. The highest BCUT2D eigenvalue weighted by molar-refractivity contribution is 5.87. The van der Waals surface area contributed by atoms with E-state index in [9.17, 15) is 4.79 Å². The third-order valence-corrected chi connectivity index (χ3v) is 2.88. The average molecular weight is 262 g/mol. The van der Waals surface area contributed by atoms with E-state index in [1.807, 2.05) is 46.3 Å². The topological polar surface area (TPSA) is 43.8 Å². The van der Waals surface area contributed by atoms with Crippen molar-refractivity contribution in [3.8, 4) is 0 Å². The molecular formula is C15H22N2O2. The minimum atomic E-state index is -0.927. The van der Waals surface area contributed by atoms with Crippen molar-refractivity contribution in [2.24, 2.45) is 0 Å². The predicted octanol–water partition coefficient (Wildman–Crippen LogP) is 2.09. The monoisotopic (exact) mass is 262 g/mol. The Bertz CT molecular complexity index is 467. The minimum absolute atomic E-state index is 0.893. The summed E-state index contributed by atoms with van der Waals surface area (Å²) >= 11 is 0. The lowest BCUT2D eigenvalue weighted by molar-refractivity contribution is -0.131. The maximum atomic E-state index is 10.6. The molecule has 0 heterocycles. The lowest BCUT2D eigenvalue weighted by Crippen LogP contribution is -2.28. The first-order valence-corrected chi connectivity index (χ1v) is 6.27. The second kappa shape index (κ2) is 6.95. The van der Waals surface area contributed by atoms with Gasteiger partial charge in [-0.3, -0.25) is 0 Å². The standard InChI is InChI=1S/C15H22N2O2/c1-12-5-7-14(17(4)10-9-16(2)3)13(11-12)6-8-15(18)19/h5-8,11H,9-10H2,1-4H3,(H,18,19)/b8-6+. The van der Waals surface area contributed by atoms with Crippen LogP contribution in [0.1, 0.15) is 11.1 Å². The summed E-state index contributed by atoms with van der Waals surface area (Å²) < 4.78 is 0. The first-order valence-electron chi connectivity index (χ1n) is 6.27. The molecule has 1 aromatic rings. The number of nitrogens with zero attached hydrogens (tertiary/aromatic N) is 2. The molecule has 0 fully saturated rings. The highest BCUT2D eigenvalue weighted by Gasteiger charge is 2.06. The van der Waals surface area contributed by atoms with E-state index in [1.165, 1.54) is 6.08 Å². The van der Waals surface area contributed by atoms with Crippen LogP contribution in [0.25, 0.3) is 6.08 Å². The summed E-state index contributed by atoms with van der Waals surface area (Å²) in [4.78, 5) is 14.9. The van der Waals surface area contributed by atoms with Crippen molar-refractivity contribution in [2.45, 2.75) is 6.92 Å². The second-order valence-electron chi connectivity index (χ2n) is 4.96. The molecule has 0 spiro atoms. The van der Waals surface area contributed by atoms with Gasteiger partial charge in [0.1, 0.15) is 0 Å². The number of hydrogen-bond donors (Lipinski definition) is 1. The minimum Gasteiger partial charge on any atom is -0.478 e. The van der Waals surface area contributed by atoms with E-state index in [-0.39, 0.29) is 0 Å². The van der Waals surface area contributed by atoms with E-state index in [1.54, 1.807) is 6.08 Å². The Morgan fingerprint density at radius 2 is 1.95 bits per heavy atom. The van der Waals surface area contributed by atoms with Gasteiger partial charge in [-0.15, -0.1) is 0 Å². The molecule has 1 aromatic carbocycles. The van der Waals surface area contributed by atoms with Crippen LogP contribution in [-0.2, 0) is 4.79 Å². The molecule has 19 heavy (non-hydrogen) atoms. The van der Waals surface area contributed by atoms with Gasteiger partial charge in [-0.2, -0.15) is 0 Å². The molecule has 4 heteroatoms. The lowest BCUT2D eigenvalue weighted by Gasteiger charge is -2.23. The van der Waals surface area contributed by atoms with Crippen LogP contribution in [0.5, 0.6) is 0 Å². The van der Waals surface area contributed by atoms with Crippen molar-refractivity contribution in [1.82, 2.24) is 4.90 Å². The summed E-state index contributed by atoms with van der Waals surface area (Å²) in [7, 11) is 6.09. The Morgan fingerprint density at radius 3 is 2.53 bits per heavy atom. The van der Waals surface area contributed by atoms with Crippen LogP contribution in [0.3, 0.4) is 0 Å². The summed E-state index contributed by atoms with van der Waals surface area (Å²) in [5.74, 6) is -0.927. The number of aryl methyl sites for hydroxylation is 1. The Hall–Kier alpha value is -1.81. The molecule has 4 nitrogen and oxygen atoms in total. The predicted molar refractivity (Wildman–Crippen MR) is 79.7 cm³/mol. The van der Waals surface area contributed by atoms with Gasteiger partial charge in [0.2, 0.25) is 0 Å². The lowest BCUT2D eigenvalue weighted by atomic mass is 10.1. The molecule has 0 bridgehead atoms. The molecule has 0 aromatic heterocycles. The quantitative estimate of drug-likeness (QED) is 0.797. The smallest absolute Gasteiger partial charge is 0.328 e. The Balaban J connectivity index is 2.95. The second-order valence-corrected chi connectivity index (χ2v) is 4.96. The summed E-state index contributed by atoms with van der Waals surface area (Å²) in [6, 6.07) is 6.08. The first-order chi connectivity index (χ1) is 8.90.